The summed E-state index contributed by atoms with van der Waals surface area (Å²) >= 11 is 3.21. The van der Waals surface area contributed by atoms with E-state index in [0.717, 1.165) is 0 Å². The zero-order chi connectivity index (χ0) is 11.8. The lowest BCUT2D eigenvalue weighted by molar-refractivity contribution is 0.585. The van der Waals surface area contributed by atoms with Gasteiger partial charge in [-0.15, -0.1) is 0 Å². The van der Waals surface area contributed by atoms with E-state index < -0.39 is 10.0 Å². The lowest BCUT2D eigenvalue weighted by atomic mass is 10.5. The summed E-state index contributed by atoms with van der Waals surface area (Å²) < 4.78 is 26.2. The molecule has 0 saturated heterocycles. The third-order valence-electron chi connectivity index (χ3n) is 2.15. The van der Waals surface area contributed by atoms with E-state index in [1.165, 1.54) is 22.4 Å². The maximum absolute atomic E-state index is 12.2. The second kappa shape index (κ2) is 4.03. The number of aromatic nitrogens is 2. The minimum Gasteiger partial charge on any atom is -0.263 e. The maximum Gasteiger partial charge on any atom is 0.270 e. The second-order valence-electron chi connectivity index (χ2n) is 3.26. The highest BCUT2D eigenvalue weighted by molar-refractivity contribution is 9.10. The van der Waals surface area contributed by atoms with E-state index in [1.807, 2.05) is 0 Å². The van der Waals surface area contributed by atoms with Gasteiger partial charge in [0, 0.05) is 18.1 Å². The molecule has 0 N–H and O–H groups in total. The summed E-state index contributed by atoms with van der Waals surface area (Å²) in [4.78, 5) is 3.99. The van der Waals surface area contributed by atoms with Gasteiger partial charge in [0.15, 0.2) is 0 Å². The van der Waals surface area contributed by atoms with Crippen molar-refractivity contribution in [2.45, 2.75) is 11.8 Å². The van der Waals surface area contributed by atoms with Crippen molar-refractivity contribution < 1.29 is 8.42 Å². The van der Waals surface area contributed by atoms with E-state index in [2.05, 4.69) is 20.9 Å². The number of halogens is 1. The maximum atomic E-state index is 12.2. The first-order chi connectivity index (χ1) is 7.53. The lowest BCUT2D eigenvalue weighted by Gasteiger charge is -2.08. The zero-order valence-electron chi connectivity index (χ0n) is 8.46. The molecule has 0 aliphatic heterocycles. The van der Waals surface area contributed by atoms with Gasteiger partial charge in [-0.1, -0.05) is 0 Å². The summed E-state index contributed by atoms with van der Waals surface area (Å²) in [5, 5.41) is 0. The highest BCUT2D eigenvalue weighted by atomic mass is 79.9. The number of hydrogen-bond acceptors (Lipinski definition) is 3. The average Bonchev–Trinajstić information content (AvgIpc) is 2.60. The molecule has 0 bridgehead atoms. The van der Waals surface area contributed by atoms with Crippen molar-refractivity contribution in [2.75, 3.05) is 0 Å². The van der Waals surface area contributed by atoms with Crippen molar-refractivity contribution in [3.63, 3.8) is 0 Å². The fourth-order valence-electron chi connectivity index (χ4n) is 1.40. The van der Waals surface area contributed by atoms with Crippen LogP contribution in [0.15, 0.2) is 46.2 Å². The Morgan fingerprint density at radius 2 is 2.06 bits per heavy atom. The van der Waals surface area contributed by atoms with Gasteiger partial charge in [-0.25, -0.2) is 12.4 Å². The van der Waals surface area contributed by atoms with Crippen molar-refractivity contribution >= 4 is 26.0 Å². The topological polar surface area (TPSA) is 52.0 Å². The summed E-state index contributed by atoms with van der Waals surface area (Å²) in [7, 11) is -3.55. The standard InChI is InChI=1S/C10H9BrN2O2S/c1-8-4-5-10(11)13(8)16(14,15)9-3-2-6-12-7-9/h2-7H,1H3. The molecule has 16 heavy (non-hydrogen) atoms. The van der Waals surface area contributed by atoms with Crippen LogP contribution in [0.4, 0.5) is 0 Å². The number of aryl methyl sites for hydroxylation is 1. The van der Waals surface area contributed by atoms with Crippen LogP contribution in [-0.4, -0.2) is 17.4 Å². The van der Waals surface area contributed by atoms with Gasteiger partial charge in [0.25, 0.3) is 10.0 Å². The van der Waals surface area contributed by atoms with Crippen LogP contribution in [0.1, 0.15) is 5.69 Å². The van der Waals surface area contributed by atoms with Gasteiger partial charge in [0.1, 0.15) is 9.50 Å². The molecule has 0 aromatic carbocycles. The van der Waals surface area contributed by atoms with Gasteiger partial charge in [0.2, 0.25) is 0 Å². The van der Waals surface area contributed by atoms with Crippen molar-refractivity contribution in [1.82, 2.24) is 8.96 Å². The van der Waals surface area contributed by atoms with Crippen LogP contribution in [0, 0.1) is 6.92 Å². The van der Waals surface area contributed by atoms with E-state index in [4.69, 9.17) is 0 Å². The summed E-state index contributed by atoms with van der Waals surface area (Å²) in [5.74, 6) is 0. The van der Waals surface area contributed by atoms with Gasteiger partial charge in [0.05, 0.1) is 0 Å². The van der Waals surface area contributed by atoms with Crippen LogP contribution in [-0.2, 0) is 10.0 Å². The van der Waals surface area contributed by atoms with Gasteiger partial charge in [-0.3, -0.25) is 4.98 Å². The molecule has 2 aromatic heterocycles. The molecule has 0 unspecified atom stereocenters. The Hall–Kier alpha value is -1.14. The molecule has 0 amide bonds. The molecule has 4 nitrogen and oxygen atoms in total. The van der Waals surface area contributed by atoms with Gasteiger partial charge in [-0.2, -0.15) is 0 Å². The lowest BCUT2D eigenvalue weighted by Crippen LogP contribution is -2.14. The largest absolute Gasteiger partial charge is 0.270 e. The van der Waals surface area contributed by atoms with Crippen LogP contribution < -0.4 is 0 Å². The normalized spacial score (nSPS) is 11.6. The summed E-state index contributed by atoms with van der Waals surface area (Å²) in [6, 6.07) is 6.55. The number of pyridine rings is 1. The Kier molecular flexibility index (Phi) is 2.86. The molecule has 6 heteroatoms. The predicted octanol–water partition coefficient (Wildman–Crippen LogP) is 2.19. The fourth-order valence-corrected chi connectivity index (χ4v) is 3.77. The zero-order valence-corrected chi connectivity index (χ0v) is 10.9. The SMILES string of the molecule is Cc1ccc(Br)n1S(=O)(=O)c1cccnc1. The van der Waals surface area contributed by atoms with Crippen molar-refractivity contribution in [3.8, 4) is 0 Å². The number of nitrogens with zero attached hydrogens (tertiary/aromatic N) is 2. The van der Waals surface area contributed by atoms with Crippen molar-refractivity contribution in [3.05, 3.63) is 47.0 Å². The summed E-state index contributed by atoms with van der Waals surface area (Å²) in [6.07, 6.45) is 2.87. The van der Waals surface area contributed by atoms with Crippen LogP contribution in [0.5, 0.6) is 0 Å². The molecule has 0 radical (unpaired) electrons. The van der Waals surface area contributed by atoms with E-state index in [-0.39, 0.29) is 4.90 Å². The van der Waals surface area contributed by atoms with Gasteiger partial charge >= 0.3 is 0 Å². The molecular formula is C10H9BrN2O2S. The third-order valence-corrected chi connectivity index (χ3v) is 4.81. The van der Waals surface area contributed by atoms with E-state index in [9.17, 15) is 8.42 Å². The van der Waals surface area contributed by atoms with E-state index >= 15 is 0 Å². The highest BCUT2D eigenvalue weighted by Gasteiger charge is 2.20. The molecule has 84 valence electrons. The molecule has 0 atom stereocenters. The minimum absolute atomic E-state index is 0.176. The average molecular weight is 301 g/mol. The molecule has 0 aliphatic carbocycles. The number of hydrogen-bond donors (Lipinski definition) is 0. The molecule has 0 fully saturated rings. The molecule has 0 spiro atoms. The Labute approximate surface area is 102 Å². The van der Waals surface area contributed by atoms with Gasteiger partial charge < -0.3 is 0 Å². The van der Waals surface area contributed by atoms with E-state index in [0.29, 0.717) is 10.3 Å². The van der Waals surface area contributed by atoms with E-state index in [1.54, 1.807) is 25.1 Å². The second-order valence-corrected chi connectivity index (χ2v) is 5.85. The minimum atomic E-state index is -3.55. The smallest absolute Gasteiger partial charge is 0.263 e. The first-order valence-corrected chi connectivity index (χ1v) is 6.76. The van der Waals surface area contributed by atoms with Crippen molar-refractivity contribution in [2.24, 2.45) is 0 Å². The predicted molar refractivity (Wildman–Crippen MR) is 63.7 cm³/mol. The summed E-state index contributed by atoms with van der Waals surface area (Å²) in [5.41, 5.74) is 0.649. The highest BCUT2D eigenvalue weighted by Crippen LogP contribution is 2.22. The monoisotopic (exact) mass is 300 g/mol. The van der Waals surface area contributed by atoms with Crippen molar-refractivity contribution in [1.29, 1.82) is 0 Å². The van der Waals surface area contributed by atoms with Gasteiger partial charge in [-0.05, 0) is 47.1 Å². The Bertz CT molecular complexity index is 586. The Morgan fingerprint density at radius 1 is 1.31 bits per heavy atom. The molecule has 2 aromatic rings. The van der Waals surface area contributed by atoms with Crippen LogP contribution in [0.2, 0.25) is 0 Å². The fraction of sp³-hybridized carbons (Fsp3) is 0.100. The van der Waals surface area contributed by atoms with Crippen LogP contribution >= 0.6 is 15.9 Å². The molecular weight excluding hydrogens is 292 g/mol. The number of rotatable bonds is 2. The Balaban J connectivity index is 2.66. The quantitative estimate of drug-likeness (QED) is 0.854. The molecule has 2 heterocycles. The Morgan fingerprint density at radius 3 is 2.56 bits per heavy atom. The molecule has 2 rings (SSSR count). The third kappa shape index (κ3) is 1.78. The first kappa shape index (κ1) is 11.3. The first-order valence-electron chi connectivity index (χ1n) is 4.53. The van der Waals surface area contributed by atoms with Crippen LogP contribution in [0.25, 0.3) is 0 Å². The van der Waals surface area contributed by atoms with Crippen LogP contribution in [0.3, 0.4) is 0 Å². The summed E-state index contributed by atoms with van der Waals surface area (Å²) in [6.45, 7) is 1.73. The molecule has 0 aliphatic rings. The molecule has 0 saturated carbocycles.